The Balaban J connectivity index is 2.82. The van der Waals surface area contributed by atoms with E-state index in [0.29, 0.717) is 19.0 Å². The van der Waals surface area contributed by atoms with Gasteiger partial charge < -0.3 is 14.9 Å². The molecule has 0 aliphatic heterocycles. The van der Waals surface area contributed by atoms with Crippen LogP contribution in [0.3, 0.4) is 0 Å². The SMILES string of the molecule is COCCN=C(NN)c1cccc(OC(C)C)c1. The van der Waals surface area contributed by atoms with Gasteiger partial charge in [-0.2, -0.15) is 0 Å². The number of rotatable bonds is 6. The second-order valence-corrected chi connectivity index (χ2v) is 4.06. The van der Waals surface area contributed by atoms with Crippen LogP contribution in [0.25, 0.3) is 0 Å². The Morgan fingerprint density at radius 3 is 2.83 bits per heavy atom. The summed E-state index contributed by atoms with van der Waals surface area (Å²) in [4.78, 5) is 4.32. The van der Waals surface area contributed by atoms with E-state index in [0.717, 1.165) is 11.3 Å². The van der Waals surface area contributed by atoms with Gasteiger partial charge in [-0.15, -0.1) is 0 Å². The summed E-state index contributed by atoms with van der Waals surface area (Å²) in [6, 6.07) is 7.66. The number of benzene rings is 1. The zero-order valence-electron chi connectivity index (χ0n) is 11.1. The molecule has 100 valence electrons. The molecule has 0 aliphatic carbocycles. The number of nitrogens with two attached hydrogens (primary N) is 1. The largest absolute Gasteiger partial charge is 0.491 e. The van der Waals surface area contributed by atoms with E-state index >= 15 is 0 Å². The van der Waals surface area contributed by atoms with E-state index in [1.54, 1.807) is 7.11 Å². The normalized spacial score (nSPS) is 11.7. The number of hydrogen-bond acceptors (Lipinski definition) is 4. The Labute approximate surface area is 108 Å². The number of methoxy groups -OCH3 is 1. The van der Waals surface area contributed by atoms with Crippen molar-refractivity contribution in [1.82, 2.24) is 5.43 Å². The highest BCUT2D eigenvalue weighted by molar-refractivity contribution is 5.98. The number of amidine groups is 1. The molecule has 1 rings (SSSR count). The van der Waals surface area contributed by atoms with E-state index in [-0.39, 0.29) is 6.10 Å². The highest BCUT2D eigenvalue weighted by Gasteiger charge is 2.04. The number of nitrogens with zero attached hydrogens (tertiary/aromatic N) is 1. The lowest BCUT2D eigenvalue weighted by atomic mass is 10.2. The van der Waals surface area contributed by atoms with Crippen LogP contribution in [0, 0.1) is 0 Å². The first-order valence-electron chi connectivity index (χ1n) is 5.94. The molecule has 0 aliphatic rings. The minimum atomic E-state index is 0.139. The average Bonchev–Trinajstić information content (AvgIpc) is 2.34. The van der Waals surface area contributed by atoms with Crippen LogP contribution in [0.5, 0.6) is 5.75 Å². The summed E-state index contributed by atoms with van der Waals surface area (Å²) in [5.74, 6) is 6.91. The zero-order chi connectivity index (χ0) is 13.4. The summed E-state index contributed by atoms with van der Waals surface area (Å²) in [6.07, 6.45) is 0.139. The average molecular weight is 251 g/mol. The molecule has 0 bridgehead atoms. The maximum Gasteiger partial charge on any atom is 0.142 e. The molecule has 3 N–H and O–H groups in total. The van der Waals surface area contributed by atoms with Gasteiger partial charge in [-0.25, -0.2) is 5.84 Å². The second kappa shape index (κ2) is 7.68. The third kappa shape index (κ3) is 4.73. The van der Waals surface area contributed by atoms with Gasteiger partial charge in [-0.05, 0) is 26.0 Å². The molecular weight excluding hydrogens is 230 g/mol. The van der Waals surface area contributed by atoms with Crippen molar-refractivity contribution in [2.45, 2.75) is 20.0 Å². The highest BCUT2D eigenvalue weighted by atomic mass is 16.5. The summed E-state index contributed by atoms with van der Waals surface area (Å²) >= 11 is 0. The van der Waals surface area contributed by atoms with Crippen molar-refractivity contribution in [2.75, 3.05) is 20.3 Å². The molecule has 1 aromatic rings. The van der Waals surface area contributed by atoms with Crippen LogP contribution in [0.1, 0.15) is 19.4 Å². The summed E-state index contributed by atoms with van der Waals surface area (Å²) < 4.78 is 10.6. The Kier molecular flexibility index (Phi) is 6.18. The minimum absolute atomic E-state index is 0.139. The van der Waals surface area contributed by atoms with Crippen molar-refractivity contribution >= 4 is 5.84 Å². The first kappa shape index (κ1) is 14.5. The van der Waals surface area contributed by atoms with Gasteiger partial charge in [-0.3, -0.25) is 4.99 Å². The second-order valence-electron chi connectivity index (χ2n) is 4.06. The van der Waals surface area contributed by atoms with Crippen LogP contribution < -0.4 is 16.0 Å². The van der Waals surface area contributed by atoms with Crippen LogP contribution in [-0.2, 0) is 4.74 Å². The lowest BCUT2D eigenvalue weighted by Crippen LogP contribution is -2.31. The molecule has 0 spiro atoms. The van der Waals surface area contributed by atoms with E-state index in [9.17, 15) is 0 Å². The van der Waals surface area contributed by atoms with Crippen LogP contribution in [0.2, 0.25) is 0 Å². The quantitative estimate of drug-likeness (QED) is 0.263. The predicted molar refractivity (Wildman–Crippen MR) is 72.8 cm³/mol. The van der Waals surface area contributed by atoms with Crippen LogP contribution in [-0.4, -0.2) is 32.2 Å². The molecule has 0 atom stereocenters. The van der Waals surface area contributed by atoms with E-state index in [1.165, 1.54) is 0 Å². The molecule has 0 amide bonds. The molecule has 5 heteroatoms. The number of ether oxygens (including phenoxy) is 2. The number of aliphatic imine (C=N–C) groups is 1. The van der Waals surface area contributed by atoms with Crippen molar-refractivity contribution in [1.29, 1.82) is 0 Å². The molecule has 0 fully saturated rings. The Bertz CT molecular complexity index is 392. The fraction of sp³-hybridized carbons (Fsp3) is 0.462. The lowest BCUT2D eigenvalue weighted by molar-refractivity contribution is 0.208. The Hall–Kier alpha value is -1.59. The standard InChI is InChI=1S/C13H21N3O2/c1-10(2)18-12-6-4-5-11(9-12)13(16-14)15-7-8-17-3/h4-6,9-10H,7-8,14H2,1-3H3,(H,15,16). The topological polar surface area (TPSA) is 68.9 Å². The van der Waals surface area contributed by atoms with Crippen molar-refractivity contribution in [3.8, 4) is 5.75 Å². The van der Waals surface area contributed by atoms with Gasteiger partial charge in [0.1, 0.15) is 11.6 Å². The third-order valence-corrected chi connectivity index (χ3v) is 2.18. The monoisotopic (exact) mass is 251 g/mol. The predicted octanol–water partition coefficient (Wildman–Crippen LogP) is 1.33. The van der Waals surface area contributed by atoms with Gasteiger partial charge >= 0.3 is 0 Å². The summed E-state index contributed by atoms with van der Waals surface area (Å²) in [5.41, 5.74) is 3.49. The van der Waals surface area contributed by atoms with Gasteiger partial charge in [0.05, 0.1) is 19.3 Å². The fourth-order valence-corrected chi connectivity index (χ4v) is 1.46. The summed E-state index contributed by atoms with van der Waals surface area (Å²) in [7, 11) is 1.64. The van der Waals surface area contributed by atoms with Crippen LogP contribution >= 0.6 is 0 Å². The van der Waals surface area contributed by atoms with Gasteiger partial charge in [-0.1, -0.05) is 12.1 Å². The van der Waals surface area contributed by atoms with Crippen LogP contribution in [0.4, 0.5) is 0 Å². The van der Waals surface area contributed by atoms with Gasteiger partial charge in [0, 0.05) is 12.7 Å². The summed E-state index contributed by atoms with van der Waals surface area (Å²) in [5, 5.41) is 0. The first-order valence-corrected chi connectivity index (χ1v) is 5.94. The molecule has 5 nitrogen and oxygen atoms in total. The zero-order valence-corrected chi connectivity index (χ0v) is 11.1. The number of hydrogen-bond donors (Lipinski definition) is 2. The van der Waals surface area contributed by atoms with Crippen molar-refractivity contribution in [3.63, 3.8) is 0 Å². The Morgan fingerprint density at radius 1 is 1.44 bits per heavy atom. The fourth-order valence-electron chi connectivity index (χ4n) is 1.46. The van der Waals surface area contributed by atoms with Crippen molar-refractivity contribution in [2.24, 2.45) is 10.8 Å². The van der Waals surface area contributed by atoms with Gasteiger partial charge in [0.2, 0.25) is 0 Å². The number of hydrazine groups is 1. The van der Waals surface area contributed by atoms with E-state index < -0.39 is 0 Å². The molecule has 0 saturated carbocycles. The van der Waals surface area contributed by atoms with E-state index in [4.69, 9.17) is 15.3 Å². The van der Waals surface area contributed by atoms with Gasteiger partial charge in [0.25, 0.3) is 0 Å². The van der Waals surface area contributed by atoms with E-state index in [1.807, 2.05) is 38.1 Å². The number of nitrogens with one attached hydrogen (secondary N) is 1. The molecule has 1 aromatic carbocycles. The third-order valence-electron chi connectivity index (χ3n) is 2.18. The lowest BCUT2D eigenvalue weighted by Gasteiger charge is -2.12. The molecule has 18 heavy (non-hydrogen) atoms. The van der Waals surface area contributed by atoms with Crippen LogP contribution in [0.15, 0.2) is 29.3 Å². The highest BCUT2D eigenvalue weighted by Crippen LogP contribution is 2.15. The molecule has 0 heterocycles. The molecule has 0 unspecified atom stereocenters. The maximum atomic E-state index is 5.63. The van der Waals surface area contributed by atoms with Gasteiger partial charge in [0.15, 0.2) is 0 Å². The maximum absolute atomic E-state index is 5.63. The first-order chi connectivity index (χ1) is 8.67. The summed E-state index contributed by atoms with van der Waals surface area (Å²) in [6.45, 7) is 5.10. The molecule has 0 saturated heterocycles. The minimum Gasteiger partial charge on any atom is -0.491 e. The smallest absolute Gasteiger partial charge is 0.142 e. The molecular formula is C13H21N3O2. The van der Waals surface area contributed by atoms with E-state index in [2.05, 4.69) is 10.4 Å². The molecule has 0 radical (unpaired) electrons. The van der Waals surface area contributed by atoms with Crippen molar-refractivity contribution < 1.29 is 9.47 Å². The Morgan fingerprint density at radius 2 is 2.22 bits per heavy atom. The van der Waals surface area contributed by atoms with Crippen molar-refractivity contribution in [3.05, 3.63) is 29.8 Å². The molecule has 0 aromatic heterocycles.